The summed E-state index contributed by atoms with van der Waals surface area (Å²) in [4.78, 5) is 15.5. The summed E-state index contributed by atoms with van der Waals surface area (Å²) in [5.74, 6) is -1.07. The van der Waals surface area contributed by atoms with Gasteiger partial charge in [0.2, 0.25) is 5.91 Å². The van der Waals surface area contributed by atoms with Crippen LogP contribution in [0.15, 0.2) is 30.3 Å². The van der Waals surface area contributed by atoms with Crippen LogP contribution >= 0.6 is 0 Å². The third-order valence-electron chi connectivity index (χ3n) is 3.85. The van der Waals surface area contributed by atoms with Gasteiger partial charge in [-0.15, -0.1) is 3.89 Å². The molecule has 122 valence electrons. The number of benzene rings is 1. The van der Waals surface area contributed by atoms with Gasteiger partial charge in [-0.1, -0.05) is 18.2 Å². The predicted molar refractivity (Wildman–Crippen MR) is 83.9 cm³/mol. The molecule has 1 aromatic carbocycles. The number of hydrogen-bond acceptors (Lipinski definition) is 4. The maximum Gasteiger partial charge on any atom is 0.302 e. The molecule has 0 saturated carbocycles. The fourth-order valence-electron chi connectivity index (χ4n) is 2.77. The summed E-state index contributed by atoms with van der Waals surface area (Å²) in [7, 11) is -2.53. The average Bonchev–Trinajstić information content (AvgIpc) is 2.77. The van der Waals surface area contributed by atoms with Gasteiger partial charge < -0.3 is 9.80 Å². The lowest BCUT2D eigenvalue weighted by Gasteiger charge is -2.22. The number of anilines is 1. The van der Waals surface area contributed by atoms with E-state index in [1.54, 1.807) is 4.90 Å². The second-order valence-corrected chi connectivity index (χ2v) is 7.14. The molecular weight excluding hydrogens is 307 g/mol. The lowest BCUT2D eigenvalue weighted by atomic mass is 10.1. The smallest absolute Gasteiger partial charge is 0.302 e. The van der Waals surface area contributed by atoms with Crippen LogP contribution in [0.4, 0.5) is 9.57 Å². The second kappa shape index (κ2) is 7.09. The van der Waals surface area contributed by atoms with Crippen molar-refractivity contribution in [3.63, 3.8) is 0 Å². The number of rotatable bonds is 7. The summed E-state index contributed by atoms with van der Waals surface area (Å²) in [5.41, 5.74) is 1.11. The van der Waals surface area contributed by atoms with Crippen LogP contribution in [0.25, 0.3) is 0 Å². The van der Waals surface area contributed by atoms with E-state index in [0.717, 1.165) is 18.7 Å². The molecule has 7 heteroatoms. The van der Waals surface area contributed by atoms with Gasteiger partial charge in [0.05, 0.1) is 5.75 Å². The lowest BCUT2D eigenvalue weighted by molar-refractivity contribution is -0.127. The molecule has 22 heavy (non-hydrogen) atoms. The zero-order valence-electron chi connectivity index (χ0n) is 12.6. The SMILES string of the molecule is CN(CCCN1CC(CS(=O)(=O)F)CC1=O)c1ccccc1. The van der Waals surface area contributed by atoms with E-state index >= 15 is 0 Å². The largest absolute Gasteiger partial charge is 0.375 e. The third-order valence-corrected chi connectivity index (χ3v) is 4.72. The van der Waals surface area contributed by atoms with E-state index in [1.807, 2.05) is 37.4 Å². The van der Waals surface area contributed by atoms with Gasteiger partial charge in [0, 0.05) is 44.7 Å². The third kappa shape index (κ3) is 4.98. The number of likely N-dealkylation sites (tertiary alicyclic amines) is 1. The van der Waals surface area contributed by atoms with Crippen molar-refractivity contribution in [1.29, 1.82) is 0 Å². The van der Waals surface area contributed by atoms with Crippen molar-refractivity contribution in [2.24, 2.45) is 5.92 Å². The summed E-state index contributed by atoms with van der Waals surface area (Å²) >= 11 is 0. The van der Waals surface area contributed by atoms with Gasteiger partial charge in [-0.2, -0.15) is 8.42 Å². The molecule has 1 unspecified atom stereocenters. The first kappa shape index (κ1) is 16.7. The van der Waals surface area contributed by atoms with E-state index in [-0.39, 0.29) is 12.3 Å². The van der Waals surface area contributed by atoms with Crippen molar-refractivity contribution in [3.05, 3.63) is 30.3 Å². The molecule has 5 nitrogen and oxygen atoms in total. The monoisotopic (exact) mass is 328 g/mol. The highest BCUT2D eigenvalue weighted by Crippen LogP contribution is 2.20. The zero-order chi connectivity index (χ0) is 16.2. The molecular formula is C15H21FN2O3S. The topological polar surface area (TPSA) is 57.7 Å². The summed E-state index contributed by atoms with van der Waals surface area (Å²) in [6, 6.07) is 9.93. The fraction of sp³-hybridized carbons (Fsp3) is 0.533. The van der Waals surface area contributed by atoms with Crippen molar-refractivity contribution in [1.82, 2.24) is 4.90 Å². The number of amides is 1. The number of carbonyl (C=O) groups is 1. The van der Waals surface area contributed by atoms with Gasteiger partial charge in [0.15, 0.2) is 0 Å². The average molecular weight is 328 g/mol. The van der Waals surface area contributed by atoms with Gasteiger partial charge in [-0.05, 0) is 18.6 Å². The molecule has 0 N–H and O–H groups in total. The molecule has 2 rings (SSSR count). The Balaban J connectivity index is 1.76. The Morgan fingerprint density at radius 3 is 2.64 bits per heavy atom. The minimum absolute atomic E-state index is 0.0870. The molecule has 1 aliphatic heterocycles. The summed E-state index contributed by atoms with van der Waals surface area (Å²) < 4.78 is 34.0. The molecule has 1 aliphatic rings. The van der Waals surface area contributed by atoms with Crippen LogP contribution in [-0.2, 0) is 15.0 Å². The fourth-order valence-corrected chi connectivity index (χ4v) is 3.56. The van der Waals surface area contributed by atoms with Crippen molar-refractivity contribution >= 4 is 21.8 Å². The van der Waals surface area contributed by atoms with E-state index in [0.29, 0.717) is 13.1 Å². The first-order chi connectivity index (χ1) is 10.3. The van der Waals surface area contributed by atoms with Crippen LogP contribution in [-0.4, -0.2) is 51.7 Å². The second-order valence-electron chi connectivity index (χ2n) is 5.73. The summed E-state index contributed by atoms with van der Waals surface area (Å²) in [5, 5.41) is 0. The molecule has 1 saturated heterocycles. The molecule has 1 aromatic rings. The van der Waals surface area contributed by atoms with Crippen LogP contribution in [0.1, 0.15) is 12.8 Å². The van der Waals surface area contributed by atoms with Crippen molar-refractivity contribution in [2.75, 3.05) is 37.3 Å². The van der Waals surface area contributed by atoms with E-state index in [2.05, 4.69) is 4.90 Å². The standard InChI is InChI=1S/C15H21FN2O3S/c1-17(14-6-3-2-4-7-14)8-5-9-18-11-13(10-15(18)19)12-22(16,20)21/h2-4,6-7,13H,5,8-12H2,1H3. The molecule has 0 aliphatic carbocycles. The summed E-state index contributed by atoms with van der Waals surface area (Å²) in [6.07, 6.45) is 0.907. The number of para-hydroxylation sites is 1. The maximum absolute atomic E-state index is 12.7. The molecule has 1 amide bonds. The number of halogens is 1. The minimum Gasteiger partial charge on any atom is -0.375 e. The number of hydrogen-bond donors (Lipinski definition) is 0. The highest BCUT2D eigenvalue weighted by atomic mass is 32.3. The molecule has 1 atom stereocenters. The van der Waals surface area contributed by atoms with Gasteiger partial charge in [-0.3, -0.25) is 4.79 Å². The Hall–Kier alpha value is -1.63. The first-order valence-electron chi connectivity index (χ1n) is 7.31. The minimum atomic E-state index is -4.51. The van der Waals surface area contributed by atoms with E-state index < -0.39 is 21.9 Å². The molecule has 1 fully saturated rings. The van der Waals surface area contributed by atoms with Gasteiger partial charge >= 0.3 is 10.2 Å². The Labute approximate surface area is 130 Å². The molecule has 0 aromatic heterocycles. The van der Waals surface area contributed by atoms with Gasteiger partial charge in [-0.25, -0.2) is 0 Å². The number of nitrogens with zero attached hydrogens (tertiary/aromatic N) is 2. The van der Waals surface area contributed by atoms with Crippen molar-refractivity contribution < 1.29 is 17.1 Å². The number of carbonyl (C=O) groups excluding carboxylic acids is 1. The molecule has 0 spiro atoms. The first-order valence-corrected chi connectivity index (χ1v) is 8.87. The van der Waals surface area contributed by atoms with Crippen molar-refractivity contribution in [2.45, 2.75) is 12.8 Å². The quantitative estimate of drug-likeness (QED) is 0.714. The van der Waals surface area contributed by atoms with Crippen LogP contribution in [0.2, 0.25) is 0 Å². The summed E-state index contributed by atoms with van der Waals surface area (Å²) in [6.45, 7) is 1.69. The van der Waals surface area contributed by atoms with E-state index in [4.69, 9.17) is 0 Å². The predicted octanol–water partition coefficient (Wildman–Crippen LogP) is 1.66. The van der Waals surface area contributed by atoms with Gasteiger partial charge in [0.1, 0.15) is 0 Å². The Morgan fingerprint density at radius 2 is 2.00 bits per heavy atom. The van der Waals surface area contributed by atoms with Crippen LogP contribution in [0, 0.1) is 5.92 Å². The van der Waals surface area contributed by atoms with E-state index in [9.17, 15) is 17.1 Å². The lowest BCUT2D eigenvalue weighted by Crippen LogP contribution is -2.30. The van der Waals surface area contributed by atoms with Crippen molar-refractivity contribution in [3.8, 4) is 0 Å². The Morgan fingerprint density at radius 1 is 1.32 bits per heavy atom. The Bertz CT molecular complexity index is 606. The highest BCUT2D eigenvalue weighted by Gasteiger charge is 2.32. The molecule has 0 bridgehead atoms. The molecule has 1 heterocycles. The van der Waals surface area contributed by atoms with Gasteiger partial charge in [0.25, 0.3) is 0 Å². The van der Waals surface area contributed by atoms with E-state index in [1.165, 1.54) is 0 Å². The van der Waals surface area contributed by atoms with Crippen LogP contribution in [0.3, 0.4) is 0 Å². The van der Waals surface area contributed by atoms with Crippen LogP contribution in [0.5, 0.6) is 0 Å². The maximum atomic E-state index is 12.7. The normalized spacial score (nSPS) is 18.7. The van der Waals surface area contributed by atoms with Crippen LogP contribution < -0.4 is 4.90 Å². The Kier molecular flexibility index (Phi) is 5.39. The zero-order valence-corrected chi connectivity index (χ0v) is 13.4. The molecule has 0 radical (unpaired) electrons. The highest BCUT2D eigenvalue weighted by molar-refractivity contribution is 7.86.